The van der Waals surface area contributed by atoms with Crippen LogP contribution in [0.4, 0.5) is 0 Å². The minimum absolute atomic E-state index is 0.0922. The quantitative estimate of drug-likeness (QED) is 0.491. The van der Waals surface area contributed by atoms with E-state index in [1.165, 1.54) is 5.39 Å². The molecule has 1 amide bonds. The van der Waals surface area contributed by atoms with E-state index in [4.69, 9.17) is 0 Å². The number of amides is 1. The van der Waals surface area contributed by atoms with E-state index in [0.29, 0.717) is 17.8 Å². The SMILES string of the molecule is O=C(NC[C@@H](O)c1cccnc1)c1cc(Cn2ccc3ccccc32)[nH]n1. The van der Waals surface area contributed by atoms with Crippen molar-refractivity contribution in [2.45, 2.75) is 12.6 Å². The largest absolute Gasteiger partial charge is 0.387 e. The van der Waals surface area contributed by atoms with Crippen molar-refractivity contribution in [3.05, 3.63) is 84.1 Å². The summed E-state index contributed by atoms with van der Waals surface area (Å²) in [6.07, 6.45) is 4.40. The van der Waals surface area contributed by atoms with Crippen LogP contribution in [0.1, 0.15) is 27.8 Å². The molecule has 0 aliphatic rings. The van der Waals surface area contributed by atoms with Crippen LogP contribution in [0.3, 0.4) is 0 Å². The van der Waals surface area contributed by atoms with Crippen LogP contribution >= 0.6 is 0 Å². The maximum Gasteiger partial charge on any atom is 0.271 e. The molecule has 136 valence electrons. The van der Waals surface area contributed by atoms with Gasteiger partial charge in [-0.1, -0.05) is 24.3 Å². The zero-order valence-corrected chi connectivity index (χ0v) is 14.5. The number of aromatic amines is 1. The summed E-state index contributed by atoms with van der Waals surface area (Å²) >= 11 is 0. The monoisotopic (exact) mass is 361 g/mol. The summed E-state index contributed by atoms with van der Waals surface area (Å²) in [6.45, 7) is 0.682. The zero-order valence-electron chi connectivity index (χ0n) is 14.5. The van der Waals surface area contributed by atoms with E-state index in [9.17, 15) is 9.90 Å². The van der Waals surface area contributed by atoms with E-state index in [1.54, 1.807) is 30.6 Å². The maximum atomic E-state index is 12.3. The van der Waals surface area contributed by atoms with Crippen LogP contribution in [0.5, 0.6) is 0 Å². The molecule has 1 aromatic carbocycles. The summed E-state index contributed by atoms with van der Waals surface area (Å²) < 4.78 is 2.09. The number of nitrogens with one attached hydrogen (secondary N) is 2. The van der Waals surface area contributed by atoms with E-state index in [-0.39, 0.29) is 12.5 Å². The van der Waals surface area contributed by atoms with E-state index in [2.05, 4.69) is 43.3 Å². The Balaban J connectivity index is 1.39. The number of H-pyrrole nitrogens is 1. The van der Waals surface area contributed by atoms with Gasteiger partial charge in [0.15, 0.2) is 0 Å². The number of hydrogen-bond acceptors (Lipinski definition) is 4. The van der Waals surface area contributed by atoms with Gasteiger partial charge >= 0.3 is 0 Å². The number of aromatic nitrogens is 4. The van der Waals surface area contributed by atoms with E-state index in [1.807, 2.05) is 18.3 Å². The van der Waals surface area contributed by atoms with Crippen molar-refractivity contribution in [2.24, 2.45) is 0 Å². The number of carbonyl (C=O) groups excluding carboxylic acids is 1. The highest BCUT2D eigenvalue weighted by atomic mass is 16.3. The number of nitrogens with zero attached hydrogens (tertiary/aromatic N) is 3. The van der Waals surface area contributed by atoms with Gasteiger partial charge < -0.3 is 15.0 Å². The topological polar surface area (TPSA) is 95.8 Å². The molecule has 7 nitrogen and oxygen atoms in total. The fourth-order valence-corrected chi connectivity index (χ4v) is 2.99. The van der Waals surface area contributed by atoms with Crippen molar-refractivity contribution in [2.75, 3.05) is 6.54 Å². The molecule has 1 atom stereocenters. The molecule has 0 saturated carbocycles. The smallest absolute Gasteiger partial charge is 0.271 e. The molecule has 0 radical (unpaired) electrons. The lowest BCUT2D eigenvalue weighted by Crippen LogP contribution is -2.28. The third-order valence-corrected chi connectivity index (χ3v) is 4.41. The van der Waals surface area contributed by atoms with Gasteiger partial charge in [0, 0.05) is 36.2 Å². The summed E-state index contributed by atoms with van der Waals surface area (Å²) in [5.41, 5.74) is 2.90. The number of aliphatic hydroxyl groups is 1. The normalized spacial score (nSPS) is 12.2. The van der Waals surface area contributed by atoms with Gasteiger partial charge in [0.05, 0.1) is 18.3 Å². The number of carbonyl (C=O) groups is 1. The van der Waals surface area contributed by atoms with Crippen molar-refractivity contribution in [3.8, 4) is 0 Å². The molecule has 0 unspecified atom stereocenters. The molecule has 0 aliphatic carbocycles. The van der Waals surface area contributed by atoms with Gasteiger partial charge in [-0.05, 0) is 29.7 Å². The standard InChI is InChI=1S/C20H19N5O2/c26-19(15-5-3-8-21-11-15)12-22-20(27)17-10-16(23-24-17)13-25-9-7-14-4-1-2-6-18(14)25/h1-11,19,26H,12-13H2,(H,22,27)(H,23,24)/t19-/m1/s1. The molecule has 4 aromatic rings. The van der Waals surface area contributed by atoms with Gasteiger partial charge in [0.1, 0.15) is 5.69 Å². The molecule has 0 spiro atoms. The molecule has 0 saturated heterocycles. The average Bonchev–Trinajstić information content (AvgIpc) is 3.34. The van der Waals surface area contributed by atoms with E-state index >= 15 is 0 Å². The first-order chi connectivity index (χ1) is 13.2. The Bertz CT molecular complexity index is 1050. The van der Waals surface area contributed by atoms with Crippen LogP contribution in [0.2, 0.25) is 0 Å². The minimum Gasteiger partial charge on any atom is -0.387 e. The summed E-state index contributed by atoms with van der Waals surface area (Å²) in [7, 11) is 0. The lowest BCUT2D eigenvalue weighted by atomic mass is 10.1. The highest BCUT2D eigenvalue weighted by Gasteiger charge is 2.14. The fourth-order valence-electron chi connectivity index (χ4n) is 2.99. The summed E-state index contributed by atoms with van der Waals surface area (Å²) in [5, 5.41) is 21.0. The van der Waals surface area contributed by atoms with Gasteiger partial charge in [-0.2, -0.15) is 5.10 Å². The second kappa shape index (κ2) is 7.43. The lowest BCUT2D eigenvalue weighted by molar-refractivity contribution is 0.0911. The molecule has 0 fully saturated rings. The number of fused-ring (bicyclic) bond motifs is 1. The van der Waals surface area contributed by atoms with Gasteiger partial charge in [0.25, 0.3) is 5.91 Å². The first-order valence-corrected chi connectivity index (χ1v) is 8.65. The van der Waals surface area contributed by atoms with Crippen molar-refractivity contribution in [1.82, 2.24) is 25.1 Å². The molecule has 3 aromatic heterocycles. The molecule has 3 heterocycles. The third kappa shape index (κ3) is 3.73. The first kappa shape index (κ1) is 17.0. The van der Waals surface area contributed by atoms with E-state index in [0.717, 1.165) is 11.2 Å². The lowest BCUT2D eigenvalue weighted by Gasteiger charge is -2.10. The summed E-state index contributed by atoms with van der Waals surface area (Å²) in [4.78, 5) is 16.2. The molecule has 0 aliphatic heterocycles. The predicted octanol–water partition coefficient (Wildman–Crippen LogP) is 2.27. The van der Waals surface area contributed by atoms with Crippen LogP contribution in [0, 0.1) is 0 Å². The highest BCUT2D eigenvalue weighted by molar-refractivity contribution is 5.92. The Morgan fingerprint density at radius 3 is 2.96 bits per heavy atom. The second-order valence-electron chi connectivity index (χ2n) is 6.29. The summed E-state index contributed by atoms with van der Waals surface area (Å²) in [5.74, 6) is -0.335. The number of benzene rings is 1. The third-order valence-electron chi connectivity index (χ3n) is 4.41. The fraction of sp³-hybridized carbons (Fsp3) is 0.150. The van der Waals surface area contributed by atoms with E-state index < -0.39 is 6.10 Å². The number of rotatable bonds is 6. The average molecular weight is 361 g/mol. The molecular weight excluding hydrogens is 342 g/mol. The van der Waals surface area contributed by atoms with Crippen LogP contribution in [0.15, 0.2) is 67.1 Å². The van der Waals surface area contributed by atoms with Crippen molar-refractivity contribution < 1.29 is 9.90 Å². The molecule has 3 N–H and O–H groups in total. The Morgan fingerprint density at radius 1 is 1.22 bits per heavy atom. The van der Waals surface area contributed by atoms with Gasteiger partial charge in [-0.15, -0.1) is 0 Å². The number of pyridine rings is 1. The predicted molar refractivity (Wildman–Crippen MR) is 101 cm³/mol. The number of para-hydroxylation sites is 1. The van der Waals surface area contributed by atoms with Crippen LogP contribution in [0.25, 0.3) is 10.9 Å². The Hall–Kier alpha value is -3.45. The minimum atomic E-state index is -0.813. The highest BCUT2D eigenvalue weighted by Crippen LogP contribution is 2.16. The van der Waals surface area contributed by atoms with Gasteiger partial charge in [-0.25, -0.2) is 0 Å². The van der Waals surface area contributed by atoms with Crippen molar-refractivity contribution in [1.29, 1.82) is 0 Å². The number of hydrogen-bond donors (Lipinski definition) is 3. The first-order valence-electron chi connectivity index (χ1n) is 8.65. The molecule has 7 heteroatoms. The molecular formula is C20H19N5O2. The maximum absolute atomic E-state index is 12.3. The number of aliphatic hydroxyl groups excluding tert-OH is 1. The van der Waals surface area contributed by atoms with Gasteiger partial charge in [0.2, 0.25) is 0 Å². The van der Waals surface area contributed by atoms with Crippen molar-refractivity contribution in [3.63, 3.8) is 0 Å². The van der Waals surface area contributed by atoms with Gasteiger partial charge in [-0.3, -0.25) is 14.9 Å². The van der Waals surface area contributed by atoms with Crippen molar-refractivity contribution >= 4 is 16.8 Å². The molecule has 0 bridgehead atoms. The van der Waals surface area contributed by atoms with Crippen LogP contribution in [-0.4, -0.2) is 37.3 Å². The van der Waals surface area contributed by atoms with Crippen LogP contribution in [-0.2, 0) is 6.54 Å². The zero-order chi connectivity index (χ0) is 18.6. The molecule has 27 heavy (non-hydrogen) atoms. The summed E-state index contributed by atoms with van der Waals surface area (Å²) in [6, 6.07) is 15.4. The Kier molecular flexibility index (Phi) is 4.67. The molecule has 4 rings (SSSR count). The second-order valence-corrected chi connectivity index (χ2v) is 6.29. The Morgan fingerprint density at radius 2 is 2.11 bits per heavy atom. The van der Waals surface area contributed by atoms with Crippen LogP contribution < -0.4 is 5.32 Å². The Labute approximate surface area is 155 Å².